The van der Waals surface area contributed by atoms with Gasteiger partial charge in [0.2, 0.25) is 0 Å². The van der Waals surface area contributed by atoms with Crippen molar-refractivity contribution >= 4 is 5.69 Å². The third-order valence-electron chi connectivity index (χ3n) is 3.40. The zero-order valence-electron chi connectivity index (χ0n) is 10.6. The Morgan fingerprint density at radius 1 is 1.29 bits per heavy atom. The Hall–Kier alpha value is -1.09. The van der Waals surface area contributed by atoms with E-state index in [1.165, 1.54) is 31.5 Å². The maximum atomic E-state index is 12.8. The Morgan fingerprint density at radius 3 is 2.65 bits per heavy atom. The second-order valence-electron chi connectivity index (χ2n) is 5.08. The molecule has 1 heterocycles. The van der Waals surface area contributed by atoms with Gasteiger partial charge in [0.05, 0.1) is 0 Å². The first kappa shape index (κ1) is 12.4. The summed E-state index contributed by atoms with van der Waals surface area (Å²) >= 11 is 0. The minimum Gasteiger partial charge on any atom is -0.381 e. The molecule has 1 aromatic rings. The fraction of sp³-hybridized carbons (Fsp3) is 0.571. The van der Waals surface area contributed by atoms with Crippen LogP contribution in [0.1, 0.15) is 26.7 Å². The van der Waals surface area contributed by atoms with Gasteiger partial charge in [0.25, 0.3) is 0 Å². The van der Waals surface area contributed by atoms with Gasteiger partial charge in [-0.1, -0.05) is 0 Å². The van der Waals surface area contributed by atoms with Crippen molar-refractivity contribution in [3.05, 3.63) is 30.1 Å². The normalized spacial score (nSPS) is 21.8. The van der Waals surface area contributed by atoms with Gasteiger partial charge < -0.3 is 5.32 Å². The zero-order valence-corrected chi connectivity index (χ0v) is 10.6. The lowest BCUT2D eigenvalue weighted by Crippen LogP contribution is -2.45. The molecule has 3 heteroatoms. The smallest absolute Gasteiger partial charge is 0.123 e. The summed E-state index contributed by atoms with van der Waals surface area (Å²) in [5.74, 6) is -0.178. The summed E-state index contributed by atoms with van der Waals surface area (Å²) < 4.78 is 12.8. The molecule has 1 saturated heterocycles. The monoisotopic (exact) mass is 236 g/mol. The van der Waals surface area contributed by atoms with Crippen LogP contribution in [0.15, 0.2) is 24.3 Å². The van der Waals surface area contributed by atoms with Crippen molar-refractivity contribution in [1.82, 2.24) is 4.90 Å². The van der Waals surface area contributed by atoms with Crippen LogP contribution in [0.2, 0.25) is 0 Å². The largest absolute Gasteiger partial charge is 0.381 e. The van der Waals surface area contributed by atoms with Gasteiger partial charge in [0, 0.05) is 24.3 Å². The molecule has 17 heavy (non-hydrogen) atoms. The van der Waals surface area contributed by atoms with Crippen LogP contribution in [0, 0.1) is 5.82 Å². The Bertz CT molecular complexity index is 348. The SMILES string of the molecule is CC(C)N1CCC[C@H](Nc2ccc(F)cc2)C1. The molecule has 0 spiro atoms. The van der Waals surface area contributed by atoms with E-state index in [9.17, 15) is 4.39 Å². The van der Waals surface area contributed by atoms with Gasteiger partial charge in [-0.15, -0.1) is 0 Å². The summed E-state index contributed by atoms with van der Waals surface area (Å²) in [6.07, 6.45) is 2.43. The van der Waals surface area contributed by atoms with Gasteiger partial charge in [-0.25, -0.2) is 4.39 Å². The van der Waals surface area contributed by atoms with Gasteiger partial charge in [0.1, 0.15) is 5.82 Å². The van der Waals surface area contributed by atoms with Crippen molar-refractivity contribution in [3.8, 4) is 0 Å². The Morgan fingerprint density at radius 2 is 2.00 bits per heavy atom. The fourth-order valence-electron chi connectivity index (χ4n) is 2.38. The van der Waals surface area contributed by atoms with Gasteiger partial charge >= 0.3 is 0 Å². The van der Waals surface area contributed by atoms with Gasteiger partial charge in [-0.05, 0) is 57.5 Å². The quantitative estimate of drug-likeness (QED) is 0.867. The summed E-state index contributed by atoms with van der Waals surface area (Å²) in [7, 11) is 0. The number of hydrogen-bond donors (Lipinski definition) is 1. The lowest BCUT2D eigenvalue weighted by molar-refractivity contribution is 0.175. The first-order valence-corrected chi connectivity index (χ1v) is 6.41. The Balaban J connectivity index is 1.92. The summed E-state index contributed by atoms with van der Waals surface area (Å²) in [5.41, 5.74) is 1.02. The number of halogens is 1. The van der Waals surface area contributed by atoms with Crippen molar-refractivity contribution in [3.63, 3.8) is 0 Å². The van der Waals surface area contributed by atoms with Crippen LogP contribution < -0.4 is 5.32 Å². The van der Waals surface area contributed by atoms with E-state index >= 15 is 0 Å². The molecular formula is C14H21FN2. The highest BCUT2D eigenvalue weighted by Crippen LogP contribution is 2.17. The van der Waals surface area contributed by atoms with Crippen molar-refractivity contribution in [2.75, 3.05) is 18.4 Å². The molecule has 1 atom stereocenters. The summed E-state index contributed by atoms with van der Waals surface area (Å²) in [4.78, 5) is 2.49. The minimum atomic E-state index is -0.178. The first-order chi connectivity index (χ1) is 8.15. The maximum Gasteiger partial charge on any atom is 0.123 e. The number of likely N-dealkylation sites (tertiary alicyclic amines) is 1. The van der Waals surface area contributed by atoms with Crippen LogP contribution in [-0.4, -0.2) is 30.1 Å². The topological polar surface area (TPSA) is 15.3 Å². The van der Waals surface area contributed by atoms with E-state index < -0.39 is 0 Å². The van der Waals surface area contributed by atoms with E-state index in [0.29, 0.717) is 12.1 Å². The molecule has 1 fully saturated rings. The molecule has 0 aliphatic carbocycles. The fourth-order valence-corrected chi connectivity index (χ4v) is 2.38. The number of rotatable bonds is 3. The molecule has 0 amide bonds. The van der Waals surface area contributed by atoms with E-state index in [0.717, 1.165) is 12.2 Å². The molecule has 0 unspecified atom stereocenters. The molecule has 94 valence electrons. The minimum absolute atomic E-state index is 0.178. The third kappa shape index (κ3) is 3.43. The average molecular weight is 236 g/mol. The molecule has 0 bridgehead atoms. The van der Waals surface area contributed by atoms with Crippen LogP contribution in [0.25, 0.3) is 0 Å². The van der Waals surface area contributed by atoms with Crippen molar-refractivity contribution in [2.24, 2.45) is 0 Å². The van der Waals surface area contributed by atoms with Crippen molar-refractivity contribution in [1.29, 1.82) is 0 Å². The molecule has 2 nitrogen and oxygen atoms in total. The molecule has 0 saturated carbocycles. The summed E-state index contributed by atoms with van der Waals surface area (Å²) in [6.45, 7) is 6.74. The zero-order chi connectivity index (χ0) is 12.3. The van der Waals surface area contributed by atoms with Crippen LogP contribution in [0.5, 0.6) is 0 Å². The molecule has 0 aromatic heterocycles. The number of hydrogen-bond acceptors (Lipinski definition) is 2. The summed E-state index contributed by atoms with van der Waals surface area (Å²) in [5, 5.41) is 3.48. The number of anilines is 1. The lowest BCUT2D eigenvalue weighted by Gasteiger charge is -2.36. The van der Waals surface area contributed by atoms with Crippen molar-refractivity contribution < 1.29 is 4.39 Å². The number of benzene rings is 1. The van der Waals surface area contributed by atoms with Crippen molar-refractivity contribution in [2.45, 2.75) is 38.8 Å². The van der Waals surface area contributed by atoms with Gasteiger partial charge in [0.15, 0.2) is 0 Å². The molecule has 0 radical (unpaired) electrons. The number of piperidine rings is 1. The van der Waals surface area contributed by atoms with Crippen LogP contribution >= 0.6 is 0 Å². The van der Waals surface area contributed by atoms with E-state index in [1.54, 1.807) is 0 Å². The molecule has 1 aromatic carbocycles. The highest BCUT2D eigenvalue weighted by Gasteiger charge is 2.21. The van der Waals surface area contributed by atoms with E-state index in [-0.39, 0.29) is 5.82 Å². The average Bonchev–Trinajstić information content (AvgIpc) is 2.32. The molecular weight excluding hydrogens is 215 g/mol. The van der Waals surface area contributed by atoms with Crippen LogP contribution in [0.3, 0.4) is 0 Å². The molecule has 2 rings (SSSR count). The maximum absolute atomic E-state index is 12.8. The number of nitrogens with zero attached hydrogens (tertiary/aromatic N) is 1. The van der Waals surface area contributed by atoms with Crippen LogP contribution in [-0.2, 0) is 0 Å². The molecule has 1 aliphatic heterocycles. The van der Waals surface area contributed by atoms with E-state index in [1.807, 2.05) is 12.1 Å². The molecule has 1 N–H and O–H groups in total. The third-order valence-corrected chi connectivity index (χ3v) is 3.40. The highest BCUT2D eigenvalue weighted by atomic mass is 19.1. The second kappa shape index (κ2) is 5.50. The van der Waals surface area contributed by atoms with E-state index in [2.05, 4.69) is 24.1 Å². The second-order valence-corrected chi connectivity index (χ2v) is 5.08. The Kier molecular flexibility index (Phi) is 4.00. The predicted octanol–water partition coefficient (Wildman–Crippen LogP) is 3.11. The van der Waals surface area contributed by atoms with E-state index in [4.69, 9.17) is 0 Å². The van der Waals surface area contributed by atoms with Gasteiger partial charge in [-0.3, -0.25) is 4.90 Å². The molecule has 1 aliphatic rings. The number of nitrogens with one attached hydrogen (secondary N) is 1. The predicted molar refractivity (Wildman–Crippen MR) is 69.8 cm³/mol. The lowest BCUT2D eigenvalue weighted by atomic mass is 10.0. The first-order valence-electron chi connectivity index (χ1n) is 6.41. The standard InChI is InChI=1S/C14H21FN2/c1-11(2)17-9-3-4-14(10-17)16-13-7-5-12(15)6-8-13/h5-8,11,14,16H,3-4,9-10H2,1-2H3/t14-/m0/s1. The van der Waals surface area contributed by atoms with Gasteiger partial charge in [-0.2, -0.15) is 0 Å². The highest BCUT2D eigenvalue weighted by molar-refractivity contribution is 5.43. The Labute approximate surface area is 103 Å². The van der Waals surface area contributed by atoms with Crippen LogP contribution in [0.4, 0.5) is 10.1 Å². The summed E-state index contributed by atoms with van der Waals surface area (Å²) in [6, 6.07) is 7.72.